The zero-order valence-electron chi connectivity index (χ0n) is 16.8. The highest BCUT2D eigenvalue weighted by Gasteiger charge is 2.23. The van der Waals surface area contributed by atoms with Gasteiger partial charge in [0.15, 0.2) is 5.78 Å². The maximum atomic E-state index is 14.6. The highest BCUT2D eigenvalue weighted by Crippen LogP contribution is 2.24. The van der Waals surface area contributed by atoms with Crippen molar-refractivity contribution in [3.8, 4) is 5.69 Å². The van der Waals surface area contributed by atoms with Crippen molar-refractivity contribution in [2.24, 2.45) is 5.92 Å². The Morgan fingerprint density at radius 1 is 1.16 bits per heavy atom. The monoisotopic (exact) mass is 416 g/mol. The molecule has 0 atom stereocenters. The molecule has 7 nitrogen and oxygen atoms in total. The van der Waals surface area contributed by atoms with Gasteiger partial charge in [-0.05, 0) is 56.3 Å². The van der Waals surface area contributed by atoms with E-state index in [9.17, 15) is 9.18 Å². The van der Waals surface area contributed by atoms with Crippen LogP contribution in [-0.4, -0.2) is 38.6 Å². The number of piperidine rings is 1. The summed E-state index contributed by atoms with van der Waals surface area (Å²) in [5.74, 6) is 0.123. The molecule has 0 unspecified atom stereocenters. The Morgan fingerprint density at radius 2 is 2.03 bits per heavy atom. The molecule has 2 N–H and O–H groups in total. The molecule has 5 rings (SSSR count). The summed E-state index contributed by atoms with van der Waals surface area (Å²) in [7, 11) is 0. The first kappa shape index (κ1) is 19.3. The molecular weight excluding hydrogens is 395 g/mol. The molecule has 0 saturated carbocycles. The number of hydrogen-bond acceptors (Lipinski definition) is 6. The molecule has 1 aromatic carbocycles. The minimum absolute atomic E-state index is 0.00743. The number of anilines is 2. The highest BCUT2D eigenvalue weighted by atomic mass is 19.1. The zero-order chi connectivity index (χ0) is 21.2. The van der Waals surface area contributed by atoms with Gasteiger partial charge in [-0.3, -0.25) is 4.79 Å². The number of halogens is 1. The van der Waals surface area contributed by atoms with Gasteiger partial charge in [-0.25, -0.2) is 19.0 Å². The smallest absolute Gasteiger partial charge is 0.184 e. The summed E-state index contributed by atoms with van der Waals surface area (Å²) in [6, 6.07) is 11.9. The predicted molar refractivity (Wildman–Crippen MR) is 116 cm³/mol. The summed E-state index contributed by atoms with van der Waals surface area (Å²) in [5.41, 5.74) is 2.03. The number of nitrogens with one attached hydrogen (secondary N) is 2. The fraction of sp³-hybridized carbons (Fsp3) is 0.217. The van der Waals surface area contributed by atoms with Crippen molar-refractivity contribution in [1.29, 1.82) is 0 Å². The van der Waals surface area contributed by atoms with Crippen LogP contribution in [0, 0.1) is 11.7 Å². The van der Waals surface area contributed by atoms with Gasteiger partial charge < -0.3 is 10.6 Å². The lowest BCUT2D eigenvalue weighted by atomic mass is 9.91. The van der Waals surface area contributed by atoms with E-state index in [2.05, 4.69) is 25.7 Å². The van der Waals surface area contributed by atoms with Crippen LogP contribution in [0.25, 0.3) is 16.6 Å². The molecule has 1 saturated heterocycles. The van der Waals surface area contributed by atoms with Crippen LogP contribution in [0.15, 0.2) is 61.1 Å². The lowest BCUT2D eigenvalue weighted by Crippen LogP contribution is -2.32. The summed E-state index contributed by atoms with van der Waals surface area (Å²) in [6.45, 7) is 1.71. The maximum absolute atomic E-state index is 14.6. The molecule has 31 heavy (non-hydrogen) atoms. The Balaban J connectivity index is 1.39. The number of nitrogens with zero attached hydrogens (tertiary/aromatic N) is 4. The fourth-order valence-corrected chi connectivity index (χ4v) is 3.82. The lowest BCUT2D eigenvalue weighted by molar-refractivity contribution is 0.0890. The van der Waals surface area contributed by atoms with Crippen molar-refractivity contribution in [2.75, 3.05) is 18.4 Å². The van der Waals surface area contributed by atoms with E-state index in [0.717, 1.165) is 31.3 Å². The van der Waals surface area contributed by atoms with E-state index in [-0.39, 0.29) is 11.7 Å². The van der Waals surface area contributed by atoms with Gasteiger partial charge in [-0.15, -0.1) is 0 Å². The molecule has 0 radical (unpaired) electrons. The second kappa shape index (κ2) is 8.23. The summed E-state index contributed by atoms with van der Waals surface area (Å²) in [5, 5.41) is 11.2. The fourth-order valence-electron chi connectivity index (χ4n) is 3.82. The van der Waals surface area contributed by atoms with Gasteiger partial charge in [-0.1, -0.05) is 0 Å². The van der Waals surface area contributed by atoms with Crippen LogP contribution in [0.1, 0.15) is 23.3 Å². The highest BCUT2D eigenvalue weighted by molar-refractivity contribution is 5.98. The maximum Gasteiger partial charge on any atom is 0.184 e. The predicted octanol–water partition coefficient (Wildman–Crippen LogP) is 3.88. The summed E-state index contributed by atoms with van der Waals surface area (Å²) >= 11 is 0. The number of rotatable bonds is 5. The third-order valence-corrected chi connectivity index (χ3v) is 5.52. The molecule has 8 heteroatoms. The Kier molecular flexibility index (Phi) is 5.13. The van der Waals surface area contributed by atoms with Crippen molar-refractivity contribution >= 4 is 28.2 Å². The van der Waals surface area contributed by atoms with Crippen molar-refractivity contribution in [2.45, 2.75) is 12.8 Å². The van der Waals surface area contributed by atoms with Crippen molar-refractivity contribution < 1.29 is 9.18 Å². The topological polar surface area (TPSA) is 84.7 Å². The SMILES string of the molecule is O=C(c1ccc2cnc(Nc3ccc(-n4cccn4)cc3F)cc2n1)C1CCNCC1. The van der Waals surface area contributed by atoms with E-state index >= 15 is 0 Å². The van der Waals surface area contributed by atoms with Crippen molar-refractivity contribution in [1.82, 2.24) is 25.1 Å². The number of carbonyl (C=O) groups is 1. The number of benzene rings is 1. The van der Waals surface area contributed by atoms with Crippen LogP contribution in [0.3, 0.4) is 0 Å². The second-order valence-corrected chi connectivity index (χ2v) is 7.59. The largest absolute Gasteiger partial charge is 0.338 e. The van der Waals surface area contributed by atoms with E-state index < -0.39 is 5.82 Å². The van der Waals surface area contributed by atoms with Crippen LogP contribution < -0.4 is 10.6 Å². The summed E-state index contributed by atoms with van der Waals surface area (Å²) < 4.78 is 16.2. The Morgan fingerprint density at radius 3 is 2.81 bits per heavy atom. The van der Waals surface area contributed by atoms with Gasteiger partial charge in [-0.2, -0.15) is 5.10 Å². The standard InChI is InChI=1S/C23H21FN6O/c24-18-12-17(30-11-1-8-27-30)3-5-19(18)29-22-13-21-16(14-26-22)2-4-20(28-21)23(31)15-6-9-25-10-7-15/h1-5,8,11-15,25H,6-7,9-10H2,(H,26,29). The van der Waals surface area contributed by atoms with E-state index in [1.807, 2.05) is 6.07 Å². The van der Waals surface area contributed by atoms with E-state index in [0.29, 0.717) is 28.4 Å². The summed E-state index contributed by atoms with van der Waals surface area (Å²) in [4.78, 5) is 21.7. The second-order valence-electron chi connectivity index (χ2n) is 7.59. The molecule has 0 spiro atoms. The van der Waals surface area contributed by atoms with Gasteiger partial charge in [0, 0.05) is 42.0 Å². The third-order valence-electron chi connectivity index (χ3n) is 5.52. The first-order valence-electron chi connectivity index (χ1n) is 10.3. The molecule has 0 amide bonds. The van der Waals surface area contributed by atoms with Crippen LogP contribution in [0.5, 0.6) is 0 Å². The van der Waals surface area contributed by atoms with Crippen molar-refractivity contribution in [3.05, 3.63) is 72.6 Å². The Bertz CT molecular complexity index is 1230. The molecule has 1 fully saturated rings. The van der Waals surface area contributed by atoms with Crippen LogP contribution in [-0.2, 0) is 0 Å². The van der Waals surface area contributed by atoms with E-state index in [1.54, 1.807) is 53.6 Å². The number of aromatic nitrogens is 4. The van der Waals surface area contributed by atoms with Crippen molar-refractivity contribution in [3.63, 3.8) is 0 Å². The van der Waals surface area contributed by atoms with Gasteiger partial charge >= 0.3 is 0 Å². The van der Waals surface area contributed by atoms with Gasteiger partial charge in [0.2, 0.25) is 0 Å². The molecule has 4 heterocycles. The number of carbonyl (C=O) groups excluding carboxylic acids is 1. The normalized spacial score (nSPS) is 14.6. The van der Waals surface area contributed by atoms with Gasteiger partial charge in [0.1, 0.15) is 17.3 Å². The minimum atomic E-state index is -0.419. The number of pyridine rings is 2. The van der Waals surface area contributed by atoms with Crippen LogP contribution in [0.2, 0.25) is 0 Å². The third kappa shape index (κ3) is 4.02. The molecule has 156 valence electrons. The quantitative estimate of drug-likeness (QED) is 0.481. The number of ketones is 1. The zero-order valence-corrected chi connectivity index (χ0v) is 16.8. The van der Waals surface area contributed by atoms with Gasteiger partial charge in [0.05, 0.1) is 16.9 Å². The average Bonchev–Trinajstić information content (AvgIpc) is 3.35. The number of Topliss-reactive ketones (excluding diaryl/α,β-unsaturated/α-hetero) is 1. The molecule has 1 aliphatic rings. The van der Waals surface area contributed by atoms with E-state index in [4.69, 9.17) is 0 Å². The molecule has 0 aliphatic carbocycles. The van der Waals surface area contributed by atoms with Crippen LogP contribution >= 0.6 is 0 Å². The number of hydrogen-bond donors (Lipinski definition) is 2. The Hall–Kier alpha value is -3.65. The molecule has 4 aromatic rings. The molecular formula is C23H21FN6O. The molecule has 3 aromatic heterocycles. The Labute approximate surface area is 178 Å². The van der Waals surface area contributed by atoms with Gasteiger partial charge in [0.25, 0.3) is 0 Å². The first-order chi connectivity index (χ1) is 15.2. The summed E-state index contributed by atoms with van der Waals surface area (Å²) in [6.07, 6.45) is 6.71. The average molecular weight is 416 g/mol. The molecule has 0 bridgehead atoms. The minimum Gasteiger partial charge on any atom is -0.338 e. The number of fused-ring (bicyclic) bond motifs is 1. The van der Waals surface area contributed by atoms with E-state index in [1.165, 1.54) is 6.07 Å². The van der Waals surface area contributed by atoms with Crippen LogP contribution in [0.4, 0.5) is 15.9 Å². The first-order valence-corrected chi connectivity index (χ1v) is 10.3. The molecule has 1 aliphatic heterocycles. The lowest BCUT2D eigenvalue weighted by Gasteiger charge is -2.21.